The summed E-state index contributed by atoms with van der Waals surface area (Å²) in [6, 6.07) is 7.84. The zero-order valence-corrected chi connectivity index (χ0v) is 12.7. The number of hydrogen-bond acceptors (Lipinski definition) is 5. The number of carboxylic acids is 1. The van der Waals surface area contributed by atoms with Gasteiger partial charge in [-0.3, -0.25) is 4.79 Å². The van der Waals surface area contributed by atoms with Crippen molar-refractivity contribution in [2.75, 3.05) is 11.5 Å². The van der Waals surface area contributed by atoms with Crippen molar-refractivity contribution in [1.29, 1.82) is 5.26 Å². The number of carbonyl (C=O) groups is 1. The zero-order valence-electron chi connectivity index (χ0n) is 11.1. The van der Waals surface area contributed by atoms with Crippen LogP contribution in [0.1, 0.15) is 12.0 Å². The monoisotopic (exact) mass is 326 g/mol. The van der Waals surface area contributed by atoms with Crippen molar-refractivity contribution in [3.05, 3.63) is 29.8 Å². The predicted octanol–water partition coefficient (Wildman–Crippen LogP) is 0.991. The summed E-state index contributed by atoms with van der Waals surface area (Å²) < 4.78 is 27.0. The number of thioether (sulfide) groups is 1. The highest BCUT2D eigenvalue weighted by Crippen LogP contribution is 2.30. The molecule has 1 aromatic rings. The van der Waals surface area contributed by atoms with E-state index in [-0.39, 0.29) is 23.5 Å². The lowest BCUT2D eigenvalue weighted by Gasteiger charge is -2.24. The molecule has 1 aliphatic rings. The van der Waals surface area contributed by atoms with Crippen molar-refractivity contribution in [3.8, 4) is 6.07 Å². The van der Waals surface area contributed by atoms with Crippen LogP contribution in [0.15, 0.2) is 29.2 Å². The van der Waals surface area contributed by atoms with Crippen LogP contribution < -0.4 is 4.72 Å². The first-order valence-electron chi connectivity index (χ1n) is 6.21. The standard InChI is InChI=1S/C13H14N2O4S2/c14-7-5-10-1-3-11(4-2-10)21(18,19)15-13(12(16)17)6-8-20-9-13/h1-4,15H,5-6,8-9H2,(H,16,17). The number of aliphatic carboxylic acids is 1. The summed E-state index contributed by atoms with van der Waals surface area (Å²) in [6.07, 6.45) is 0.461. The molecule has 0 radical (unpaired) electrons. The Balaban J connectivity index is 2.25. The van der Waals surface area contributed by atoms with Gasteiger partial charge in [0.25, 0.3) is 0 Å². The number of nitrogens with zero attached hydrogens (tertiary/aromatic N) is 1. The summed E-state index contributed by atoms with van der Waals surface area (Å²) >= 11 is 1.41. The molecule has 0 aliphatic carbocycles. The van der Waals surface area contributed by atoms with E-state index in [1.54, 1.807) is 12.1 Å². The number of sulfonamides is 1. The fourth-order valence-electron chi connectivity index (χ4n) is 2.05. The van der Waals surface area contributed by atoms with Gasteiger partial charge in [-0.2, -0.15) is 21.7 Å². The first-order chi connectivity index (χ1) is 9.89. The molecule has 0 saturated carbocycles. The van der Waals surface area contributed by atoms with Gasteiger partial charge in [-0.05, 0) is 29.9 Å². The van der Waals surface area contributed by atoms with Gasteiger partial charge >= 0.3 is 5.97 Å². The maximum absolute atomic E-state index is 12.3. The molecule has 0 spiro atoms. The van der Waals surface area contributed by atoms with Gasteiger partial charge in [0.1, 0.15) is 5.54 Å². The number of benzene rings is 1. The average Bonchev–Trinajstić information content (AvgIpc) is 2.89. The Hall–Kier alpha value is -1.56. The van der Waals surface area contributed by atoms with E-state index in [1.165, 1.54) is 23.9 Å². The lowest BCUT2D eigenvalue weighted by atomic mass is 10.0. The minimum Gasteiger partial charge on any atom is -0.480 e. The van der Waals surface area contributed by atoms with Crippen LogP contribution in [0.2, 0.25) is 0 Å². The van der Waals surface area contributed by atoms with E-state index in [1.807, 2.05) is 6.07 Å². The molecule has 112 valence electrons. The van der Waals surface area contributed by atoms with Gasteiger partial charge in [0, 0.05) is 5.75 Å². The molecular weight excluding hydrogens is 312 g/mol. The molecule has 6 nitrogen and oxygen atoms in total. The highest BCUT2D eigenvalue weighted by atomic mass is 32.2. The SMILES string of the molecule is N#CCc1ccc(S(=O)(=O)NC2(C(=O)O)CCSC2)cc1. The van der Waals surface area contributed by atoms with Crippen LogP contribution in [-0.4, -0.2) is 36.5 Å². The molecular formula is C13H14N2O4S2. The van der Waals surface area contributed by atoms with Gasteiger partial charge < -0.3 is 5.11 Å². The third kappa shape index (κ3) is 3.37. The van der Waals surface area contributed by atoms with E-state index in [0.717, 1.165) is 0 Å². The van der Waals surface area contributed by atoms with Gasteiger partial charge in [-0.25, -0.2) is 8.42 Å². The Bertz CT molecular complexity index is 671. The molecule has 1 unspecified atom stereocenters. The van der Waals surface area contributed by atoms with E-state index in [4.69, 9.17) is 5.26 Å². The van der Waals surface area contributed by atoms with Crippen molar-refractivity contribution in [3.63, 3.8) is 0 Å². The number of hydrogen-bond donors (Lipinski definition) is 2. The number of rotatable bonds is 5. The Labute approximate surface area is 127 Å². The Morgan fingerprint density at radius 3 is 2.57 bits per heavy atom. The quantitative estimate of drug-likeness (QED) is 0.835. The molecule has 1 aromatic carbocycles. The predicted molar refractivity (Wildman–Crippen MR) is 78.4 cm³/mol. The molecule has 1 aliphatic heterocycles. The summed E-state index contributed by atoms with van der Waals surface area (Å²) in [4.78, 5) is 11.4. The summed E-state index contributed by atoms with van der Waals surface area (Å²) in [5, 5.41) is 17.9. The average molecular weight is 326 g/mol. The van der Waals surface area contributed by atoms with E-state index in [9.17, 15) is 18.3 Å². The maximum Gasteiger partial charge on any atom is 0.325 e. The highest BCUT2D eigenvalue weighted by molar-refractivity contribution is 7.99. The Morgan fingerprint density at radius 1 is 1.43 bits per heavy atom. The molecule has 8 heteroatoms. The minimum atomic E-state index is -3.91. The van der Waals surface area contributed by atoms with Crippen molar-refractivity contribution < 1.29 is 18.3 Å². The van der Waals surface area contributed by atoms with Gasteiger partial charge in [-0.15, -0.1) is 0 Å². The van der Waals surface area contributed by atoms with Crippen LogP contribution >= 0.6 is 11.8 Å². The highest BCUT2D eigenvalue weighted by Gasteiger charge is 2.45. The van der Waals surface area contributed by atoms with Crippen LogP contribution in [0.25, 0.3) is 0 Å². The molecule has 0 amide bonds. The van der Waals surface area contributed by atoms with Crippen LogP contribution in [-0.2, 0) is 21.2 Å². The molecule has 0 aromatic heterocycles. The largest absolute Gasteiger partial charge is 0.480 e. The van der Waals surface area contributed by atoms with Crippen molar-refractivity contribution in [1.82, 2.24) is 4.72 Å². The van der Waals surface area contributed by atoms with Crippen molar-refractivity contribution >= 4 is 27.8 Å². The van der Waals surface area contributed by atoms with Gasteiger partial charge in [-0.1, -0.05) is 12.1 Å². The van der Waals surface area contributed by atoms with Gasteiger partial charge in [0.2, 0.25) is 10.0 Å². The van der Waals surface area contributed by atoms with Crippen molar-refractivity contribution in [2.24, 2.45) is 0 Å². The van der Waals surface area contributed by atoms with Crippen LogP contribution in [0.4, 0.5) is 0 Å². The third-order valence-electron chi connectivity index (χ3n) is 3.28. The Morgan fingerprint density at radius 2 is 2.10 bits per heavy atom. The molecule has 1 heterocycles. The molecule has 21 heavy (non-hydrogen) atoms. The Kier molecular flexibility index (Phi) is 4.56. The normalized spacial score (nSPS) is 21.9. The summed E-state index contributed by atoms with van der Waals surface area (Å²) in [5.74, 6) is -0.332. The molecule has 0 bridgehead atoms. The lowest BCUT2D eigenvalue weighted by Crippen LogP contribution is -2.54. The summed E-state index contributed by atoms with van der Waals surface area (Å²) in [6.45, 7) is 0. The van der Waals surface area contributed by atoms with Crippen molar-refractivity contribution in [2.45, 2.75) is 23.3 Å². The molecule has 1 atom stereocenters. The second-order valence-electron chi connectivity index (χ2n) is 4.77. The third-order valence-corrected chi connectivity index (χ3v) is 6.02. The molecule has 1 saturated heterocycles. The fraction of sp³-hybridized carbons (Fsp3) is 0.385. The second-order valence-corrected chi connectivity index (χ2v) is 7.56. The van der Waals surface area contributed by atoms with Gasteiger partial charge in [0.05, 0.1) is 17.4 Å². The smallest absolute Gasteiger partial charge is 0.325 e. The number of carboxylic acid groups (broad SMARTS) is 1. The van der Waals surface area contributed by atoms with Gasteiger partial charge in [0.15, 0.2) is 0 Å². The van der Waals surface area contributed by atoms with E-state index in [0.29, 0.717) is 11.3 Å². The first-order valence-corrected chi connectivity index (χ1v) is 8.84. The maximum atomic E-state index is 12.3. The molecule has 2 rings (SSSR count). The van der Waals surface area contributed by atoms with E-state index in [2.05, 4.69) is 4.72 Å². The number of nitrogens with one attached hydrogen (secondary N) is 1. The van der Waals surface area contributed by atoms with Crippen LogP contribution in [0, 0.1) is 11.3 Å². The van der Waals surface area contributed by atoms with Crippen LogP contribution in [0.3, 0.4) is 0 Å². The first kappa shape index (κ1) is 15.8. The molecule has 1 fully saturated rings. The summed E-state index contributed by atoms with van der Waals surface area (Å²) in [7, 11) is -3.91. The van der Waals surface area contributed by atoms with E-state index < -0.39 is 21.5 Å². The van der Waals surface area contributed by atoms with Crippen LogP contribution in [0.5, 0.6) is 0 Å². The fourth-order valence-corrected chi connectivity index (χ4v) is 4.86. The topological polar surface area (TPSA) is 107 Å². The molecule has 2 N–H and O–H groups in total. The zero-order chi connectivity index (χ0) is 15.5. The lowest BCUT2D eigenvalue weighted by molar-refractivity contribution is -0.142. The minimum absolute atomic E-state index is 0.00159. The van der Waals surface area contributed by atoms with E-state index >= 15 is 0 Å². The second kappa shape index (κ2) is 6.05. The number of nitriles is 1. The summed E-state index contributed by atoms with van der Waals surface area (Å²) in [5.41, 5.74) is -0.727.